The van der Waals surface area contributed by atoms with Gasteiger partial charge in [0.05, 0.1) is 17.0 Å². The molecule has 0 fully saturated rings. The van der Waals surface area contributed by atoms with Gasteiger partial charge >= 0.3 is 0 Å². The first kappa shape index (κ1) is 17.5. The molecule has 1 aliphatic rings. The summed E-state index contributed by atoms with van der Waals surface area (Å²) in [5, 5.41) is 11.2. The molecule has 25 heavy (non-hydrogen) atoms. The number of carbonyl (C=O) groups is 2. The Balaban J connectivity index is 1.90. The van der Waals surface area contributed by atoms with E-state index in [0.29, 0.717) is 33.9 Å². The van der Waals surface area contributed by atoms with Crippen LogP contribution in [0, 0.1) is 0 Å². The number of thiazole rings is 1. The van der Waals surface area contributed by atoms with Crippen LogP contribution in [0.2, 0.25) is 0 Å². The highest BCUT2D eigenvalue weighted by atomic mass is 32.1. The van der Waals surface area contributed by atoms with Crippen LogP contribution >= 0.6 is 11.3 Å². The van der Waals surface area contributed by atoms with E-state index in [4.69, 9.17) is 0 Å². The van der Waals surface area contributed by atoms with Crippen molar-refractivity contribution >= 4 is 28.7 Å². The normalized spacial score (nSPS) is 15.8. The first-order valence-electron chi connectivity index (χ1n) is 8.39. The fraction of sp³-hybridized carbons (Fsp3) is 0.368. The molecule has 0 atom stereocenters. The maximum Gasteiger partial charge on any atom is 0.204 e. The second-order valence-electron chi connectivity index (χ2n) is 6.21. The van der Waals surface area contributed by atoms with E-state index in [2.05, 4.69) is 16.9 Å². The van der Waals surface area contributed by atoms with Crippen molar-refractivity contribution in [1.29, 1.82) is 0 Å². The number of ketones is 2. The van der Waals surface area contributed by atoms with Crippen molar-refractivity contribution in [3.63, 3.8) is 0 Å². The van der Waals surface area contributed by atoms with Crippen LogP contribution in [-0.4, -0.2) is 26.6 Å². The molecule has 0 spiro atoms. The predicted molar refractivity (Wildman–Crippen MR) is 96.9 cm³/mol. The molecule has 2 heterocycles. The number of aliphatic hydroxyl groups excluding tert-OH is 1. The molecule has 1 aliphatic carbocycles. The van der Waals surface area contributed by atoms with E-state index in [0.717, 1.165) is 24.2 Å². The van der Waals surface area contributed by atoms with Crippen LogP contribution in [0.25, 0.3) is 5.76 Å². The summed E-state index contributed by atoms with van der Waals surface area (Å²) in [6.07, 6.45) is 4.80. The monoisotopic (exact) mass is 356 g/mol. The van der Waals surface area contributed by atoms with Crippen LogP contribution < -0.4 is 0 Å². The molecule has 0 amide bonds. The van der Waals surface area contributed by atoms with Crippen LogP contribution in [-0.2, 0) is 24.1 Å². The lowest BCUT2D eigenvalue weighted by Crippen LogP contribution is -2.14. The molecule has 0 saturated carbocycles. The molecule has 3 rings (SSSR count). The van der Waals surface area contributed by atoms with Gasteiger partial charge < -0.3 is 5.11 Å². The topological polar surface area (TPSA) is 80.2 Å². The highest BCUT2D eigenvalue weighted by Gasteiger charge is 2.29. The Morgan fingerprint density at radius 2 is 2.12 bits per heavy atom. The van der Waals surface area contributed by atoms with E-state index in [1.54, 1.807) is 12.3 Å². The average molecular weight is 356 g/mol. The van der Waals surface area contributed by atoms with Crippen molar-refractivity contribution in [3.05, 3.63) is 50.7 Å². The molecular weight excluding hydrogens is 336 g/mol. The Morgan fingerprint density at radius 3 is 2.76 bits per heavy atom. The Hall–Kier alpha value is -2.34. The van der Waals surface area contributed by atoms with E-state index < -0.39 is 0 Å². The first-order chi connectivity index (χ1) is 12.0. The van der Waals surface area contributed by atoms with E-state index in [-0.39, 0.29) is 23.7 Å². The third kappa shape index (κ3) is 3.69. The number of aliphatic hydroxyl groups is 1. The largest absolute Gasteiger partial charge is 0.507 e. The molecule has 0 unspecified atom stereocenters. The van der Waals surface area contributed by atoms with E-state index in [1.165, 1.54) is 18.3 Å². The molecule has 0 radical (unpaired) electrons. The average Bonchev–Trinajstić information content (AvgIpc) is 2.98. The van der Waals surface area contributed by atoms with Crippen LogP contribution in [0.3, 0.4) is 0 Å². The van der Waals surface area contributed by atoms with Gasteiger partial charge in [-0.05, 0) is 38.3 Å². The Bertz CT molecular complexity index is 850. The third-order valence-electron chi connectivity index (χ3n) is 4.12. The van der Waals surface area contributed by atoms with Gasteiger partial charge in [0.15, 0.2) is 0 Å². The molecular formula is C19H20N2O3S. The summed E-state index contributed by atoms with van der Waals surface area (Å²) in [5.74, 6) is -0.174. The Morgan fingerprint density at radius 1 is 1.32 bits per heavy atom. The maximum absolute atomic E-state index is 12.7. The lowest BCUT2D eigenvalue weighted by Gasteiger charge is -2.14. The molecule has 2 aromatic rings. The minimum absolute atomic E-state index is 0.00674. The van der Waals surface area contributed by atoms with Crippen molar-refractivity contribution in [3.8, 4) is 0 Å². The lowest BCUT2D eigenvalue weighted by atomic mass is 9.93. The summed E-state index contributed by atoms with van der Waals surface area (Å²) in [6.45, 7) is 3.59. The highest BCUT2D eigenvalue weighted by molar-refractivity contribution is 7.14. The van der Waals surface area contributed by atoms with Gasteiger partial charge in [-0.1, -0.05) is 13.3 Å². The van der Waals surface area contributed by atoms with Gasteiger partial charge in [-0.3, -0.25) is 14.6 Å². The van der Waals surface area contributed by atoms with Crippen LogP contribution in [0.1, 0.15) is 58.3 Å². The molecule has 5 nitrogen and oxygen atoms in total. The highest BCUT2D eigenvalue weighted by Crippen LogP contribution is 2.33. The predicted octanol–water partition coefficient (Wildman–Crippen LogP) is 3.72. The van der Waals surface area contributed by atoms with Crippen molar-refractivity contribution in [2.24, 2.45) is 0 Å². The van der Waals surface area contributed by atoms with Gasteiger partial charge in [-0.2, -0.15) is 0 Å². The summed E-state index contributed by atoms with van der Waals surface area (Å²) >= 11 is 1.25. The van der Waals surface area contributed by atoms with Crippen LogP contribution in [0.5, 0.6) is 0 Å². The van der Waals surface area contributed by atoms with Gasteiger partial charge in [0.25, 0.3) is 0 Å². The molecule has 0 aliphatic heterocycles. The fourth-order valence-electron chi connectivity index (χ4n) is 2.90. The minimum atomic E-state index is -0.191. The van der Waals surface area contributed by atoms with Gasteiger partial charge in [0.1, 0.15) is 16.6 Å². The number of hydrogen-bond donors (Lipinski definition) is 1. The zero-order valence-corrected chi connectivity index (χ0v) is 15.2. The number of fused-ring (bicyclic) bond motifs is 1. The molecule has 0 saturated heterocycles. The van der Waals surface area contributed by atoms with Crippen molar-refractivity contribution in [2.45, 2.75) is 46.0 Å². The quantitative estimate of drug-likeness (QED) is 0.652. The molecule has 1 N–H and O–H groups in total. The number of Topliss-reactive ketones (excluding diaryl/α,β-unsaturated/α-hetero) is 2. The summed E-state index contributed by atoms with van der Waals surface area (Å²) in [4.78, 5) is 33.3. The molecule has 2 aromatic heterocycles. The van der Waals surface area contributed by atoms with Crippen LogP contribution in [0.4, 0.5) is 0 Å². The number of pyridine rings is 1. The maximum atomic E-state index is 12.7. The minimum Gasteiger partial charge on any atom is -0.507 e. The zero-order valence-electron chi connectivity index (χ0n) is 14.3. The summed E-state index contributed by atoms with van der Waals surface area (Å²) < 4.78 is 0. The molecule has 6 heteroatoms. The molecule has 0 aromatic carbocycles. The van der Waals surface area contributed by atoms with Crippen molar-refractivity contribution in [2.75, 3.05) is 0 Å². The SMILES string of the molecule is CCCc1ccc(C(O)=C2CCc3nc(CC(C)=O)sc3C2=O)cn1. The van der Waals surface area contributed by atoms with Gasteiger partial charge in [0.2, 0.25) is 5.78 Å². The standard InChI is InChI=1S/C19H20N2O3S/c1-3-4-13-6-5-12(10-20-13)17(23)14-7-8-15-19(18(14)24)25-16(21-15)9-11(2)22/h5-6,10,23H,3-4,7-9H2,1-2H3. The Labute approximate surface area is 150 Å². The first-order valence-corrected chi connectivity index (χ1v) is 9.21. The van der Waals surface area contributed by atoms with E-state index in [1.807, 2.05) is 6.07 Å². The number of nitrogens with zero attached hydrogens (tertiary/aromatic N) is 2. The third-order valence-corrected chi connectivity index (χ3v) is 5.22. The number of hydrogen-bond acceptors (Lipinski definition) is 6. The van der Waals surface area contributed by atoms with E-state index >= 15 is 0 Å². The fourth-order valence-corrected chi connectivity index (χ4v) is 4.05. The number of aryl methyl sites for hydroxylation is 2. The number of carbonyl (C=O) groups excluding carboxylic acids is 2. The summed E-state index contributed by atoms with van der Waals surface area (Å²) in [6, 6.07) is 3.68. The molecule has 0 bridgehead atoms. The van der Waals surface area contributed by atoms with Gasteiger partial charge in [-0.25, -0.2) is 4.98 Å². The Kier molecular flexibility index (Phi) is 5.08. The van der Waals surface area contributed by atoms with Crippen molar-refractivity contribution < 1.29 is 14.7 Å². The number of aromatic nitrogens is 2. The van der Waals surface area contributed by atoms with Gasteiger partial charge in [0, 0.05) is 23.0 Å². The number of allylic oxidation sites excluding steroid dienone is 1. The lowest BCUT2D eigenvalue weighted by molar-refractivity contribution is -0.116. The smallest absolute Gasteiger partial charge is 0.204 e. The summed E-state index contributed by atoms with van der Waals surface area (Å²) in [5.41, 5.74) is 2.66. The van der Waals surface area contributed by atoms with Crippen LogP contribution in [0.15, 0.2) is 23.9 Å². The second kappa shape index (κ2) is 7.27. The summed E-state index contributed by atoms with van der Waals surface area (Å²) in [7, 11) is 0. The van der Waals surface area contributed by atoms with E-state index in [9.17, 15) is 14.7 Å². The zero-order chi connectivity index (χ0) is 18.0. The molecule has 130 valence electrons. The van der Waals surface area contributed by atoms with Gasteiger partial charge in [-0.15, -0.1) is 11.3 Å². The number of rotatable bonds is 5. The van der Waals surface area contributed by atoms with Crippen molar-refractivity contribution in [1.82, 2.24) is 9.97 Å². The second-order valence-corrected chi connectivity index (χ2v) is 7.29.